The van der Waals surface area contributed by atoms with Crippen LogP contribution in [0.25, 0.3) is 0 Å². The molecule has 0 aliphatic carbocycles. The predicted molar refractivity (Wildman–Crippen MR) is 36.5 cm³/mol. The SMILES string of the molecule is C=C(N)CNC(C)C. The van der Waals surface area contributed by atoms with Gasteiger partial charge in [-0.3, -0.25) is 0 Å². The highest BCUT2D eigenvalue weighted by molar-refractivity contribution is 4.88. The molecule has 2 nitrogen and oxygen atoms in total. The molecule has 0 atom stereocenters. The highest BCUT2D eigenvalue weighted by atomic mass is 14.9. The highest BCUT2D eigenvalue weighted by Crippen LogP contribution is 1.77. The van der Waals surface area contributed by atoms with Gasteiger partial charge in [0.25, 0.3) is 0 Å². The van der Waals surface area contributed by atoms with Crippen molar-refractivity contribution < 1.29 is 0 Å². The van der Waals surface area contributed by atoms with E-state index < -0.39 is 0 Å². The highest BCUT2D eigenvalue weighted by Gasteiger charge is 1.89. The summed E-state index contributed by atoms with van der Waals surface area (Å²) < 4.78 is 0. The molecule has 0 spiro atoms. The molecule has 0 saturated heterocycles. The van der Waals surface area contributed by atoms with Gasteiger partial charge in [-0.25, -0.2) is 0 Å². The summed E-state index contributed by atoms with van der Waals surface area (Å²) in [5, 5.41) is 3.12. The second kappa shape index (κ2) is 3.50. The molecule has 0 amide bonds. The van der Waals surface area contributed by atoms with Crippen molar-refractivity contribution in [1.82, 2.24) is 5.32 Å². The maximum atomic E-state index is 5.28. The topological polar surface area (TPSA) is 38.0 Å². The maximum absolute atomic E-state index is 5.28. The normalized spacial score (nSPS) is 9.88. The van der Waals surface area contributed by atoms with E-state index in [1.807, 2.05) is 0 Å². The second-order valence-electron chi connectivity index (χ2n) is 2.19. The largest absolute Gasteiger partial charge is 0.401 e. The Morgan fingerprint density at radius 1 is 1.75 bits per heavy atom. The zero-order valence-electron chi connectivity index (χ0n) is 5.57. The summed E-state index contributed by atoms with van der Waals surface area (Å²) in [5.74, 6) is 0. The third-order valence-electron chi connectivity index (χ3n) is 0.737. The Kier molecular flexibility index (Phi) is 3.28. The van der Waals surface area contributed by atoms with Gasteiger partial charge in [-0.2, -0.15) is 0 Å². The van der Waals surface area contributed by atoms with E-state index in [2.05, 4.69) is 25.7 Å². The van der Waals surface area contributed by atoms with Crippen molar-refractivity contribution in [3.63, 3.8) is 0 Å². The average Bonchev–Trinajstić information content (AvgIpc) is 1.61. The van der Waals surface area contributed by atoms with Crippen molar-refractivity contribution in [3.8, 4) is 0 Å². The van der Waals surface area contributed by atoms with E-state index in [0.717, 1.165) is 6.54 Å². The number of nitrogens with one attached hydrogen (secondary N) is 1. The van der Waals surface area contributed by atoms with Crippen molar-refractivity contribution in [2.24, 2.45) is 5.73 Å². The van der Waals surface area contributed by atoms with Crippen LogP contribution in [0.4, 0.5) is 0 Å². The van der Waals surface area contributed by atoms with Gasteiger partial charge in [0.2, 0.25) is 0 Å². The maximum Gasteiger partial charge on any atom is 0.0347 e. The first-order chi connectivity index (χ1) is 3.63. The van der Waals surface area contributed by atoms with E-state index in [-0.39, 0.29) is 0 Å². The summed E-state index contributed by atoms with van der Waals surface area (Å²) in [7, 11) is 0. The molecule has 0 aromatic rings. The van der Waals surface area contributed by atoms with Crippen LogP contribution in [-0.2, 0) is 0 Å². The first-order valence-corrected chi connectivity index (χ1v) is 2.79. The lowest BCUT2D eigenvalue weighted by atomic mass is 10.4. The van der Waals surface area contributed by atoms with Crippen molar-refractivity contribution >= 4 is 0 Å². The van der Waals surface area contributed by atoms with E-state index in [4.69, 9.17) is 5.73 Å². The second-order valence-corrected chi connectivity index (χ2v) is 2.19. The van der Waals surface area contributed by atoms with E-state index in [9.17, 15) is 0 Å². The Morgan fingerprint density at radius 3 is 2.38 bits per heavy atom. The molecule has 3 N–H and O–H groups in total. The lowest BCUT2D eigenvalue weighted by Gasteiger charge is -2.05. The summed E-state index contributed by atoms with van der Waals surface area (Å²) >= 11 is 0. The van der Waals surface area contributed by atoms with Gasteiger partial charge in [0.15, 0.2) is 0 Å². The molecule has 0 bridgehead atoms. The molecular weight excluding hydrogens is 100 g/mol. The summed E-state index contributed by atoms with van der Waals surface area (Å²) in [6.45, 7) is 8.41. The van der Waals surface area contributed by atoms with Crippen LogP contribution in [0, 0.1) is 0 Å². The number of rotatable bonds is 3. The van der Waals surface area contributed by atoms with Crippen LogP contribution < -0.4 is 11.1 Å². The number of hydrogen-bond donors (Lipinski definition) is 2. The molecule has 0 fully saturated rings. The van der Waals surface area contributed by atoms with Crippen molar-refractivity contribution in [2.75, 3.05) is 6.54 Å². The molecule has 0 aliphatic heterocycles. The van der Waals surface area contributed by atoms with Gasteiger partial charge >= 0.3 is 0 Å². The monoisotopic (exact) mass is 114 g/mol. The molecule has 0 heterocycles. The molecule has 0 aromatic carbocycles. The first-order valence-electron chi connectivity index (χ1n) is 2.79. The lowest BCUT2D eigenvalue weighted by molar-refractivity contribution is 0.620. The minimum absolute atomic E-state index is 0.496. The molecule has 0 aromatic heterocycles. The quantitative estimate of drug-likeness (QED) is 0.559. The van der Waals surface area contributed by atoms with Gasteiger partial charge < -0.3 is 11.1 Å². The molecule has 0 aliphatic rings. The predicted octanol–water partition coefficient (Wildman–Crippen LogP) is 0.457. The summed E-state index contributed by atoms with van der Waals surface area (Å²) in [4.78, 5) is 0. The zero-order valence-corrected chi connectivity index (χ0v) is 5.57. The standard InChI is InChI=1S/C6H14N2/c1-5(2)8-4-6(3)7/h5,8H,3-4,7H2,1-2H3. The first kappa shape index (κ1) is 7.50. The van der Waals surface area contributed by atoms with Crippen molar-refractivity contribution in [3.05, 3.63) is 12.3 Å². The van der Waals surface area contributed by atoms with E-state index in [0.29, 0.717) is 11.7 Å². The third-order valence-corrected chi connectivity index (χ3v) is 0.737. The van der Waals surface area contributed by atoms with E-state index in [1.54, 1.807) is 0 Å². The van der Waals surface area contributed by atoms with Crippen LogP contribution in [0.15, 0.2) is 12.3 Å². The fourth-order valence-corrected chi connectivity index (χ4v) is 0.335. The molecule has 0 rings (SSSR count). The average molecular weight is 114 g/mol. The van der Waals surface area contributed by atoms with Crippen LogP contribution >= 0.6 is 0 Å². The summed E-state index contributed by atoms with van der Waals surface area (Å²) in [6.07, 6.45) is 0. The smallest absolute Gasteiger partial charge is 0.0347 e. The molecule has 0 radical (unpaired) electrons. The Balaban J connectivity index is 3.05. The Hall–Kier alpha value is -0.500. The number of nitrogens with two attached hydrogens (primary N) is 1. The minimum Gasteiger partial charge on any atom is -0.401 e. The number of hydrogen-bond acceptors (Lipinski definition) is 2. The van der Waals surface area contributed by atoms with Crippen LogP contribution in [0.2, 0.25) is 0 Å². The van der Waals surface area contributed by atoms with Gasteiger partial charge in [-0.05, 0) is 0 Å². The van der Waals surface area contributed by atoms with Gasteiger partial charge in [-0.1, -0.05) is 20.4 Å². The van der Waals surface area contributed by atoms with Gasteiger partial charge in [0, 0.05) is 18.3 Å². The Labute approximate surface area is 50.8 Å². The third kappa shape index (κ3) is 5.50. The molecule has 0 unspecified atom stereocenters. The molecular formula is C6H14N2. The summed E-state index contributed by atoms with van der Waals surface area (Å²) in [5.41, 5.74) is 5.98. The molecule has 48 valence electrons. The zero-order chi connectivity index (χ0) is 6.57. The van der Waals surface area contributed by atoms with Gasteiger partial charge in [0.1, 0.15) is 0 Å². The Morgan fingerprint density at radius 2 is 2.25 bits per heavy atom. The van der Waals surface area contributed by atoms with Crippen LogP contribution in [0.3, 0.4) is 0 Å². The lowest BCUT2D eigenvalue weighted by Crippen LogP contribution is -2.26. The molecule has 0 saturated carbocycles. The van der Waals surface area contributed by atoms with Crippen LogP contribution in [-0.4, -0.2) is 12.6 Å². The van der Waals surface area contributed by atoms with Crippen LogP contribution in [0.5, 0.6) is 0 Å². The molecule has 2 heteroatoms. The van der Waals surface area contributed by atoms with Crippen molar-refractivity contribution in [1.29, 1.82) is 0 Å². The fraction of sp³-hybridized carbons (Fsp3) is 0.667. The van der Waals surface area contributed by atoms with Gasteiger partial charge in [0.05, 0.1) is 0 Å². The Bertz CT molecular complexity index is 76.6. The fourth-order valence-electron chi connectivity index (χ4n) is 0.335. The van der Waals surface area contributed by atoms with Crippen molar-refractivity contribution in [2.45, 2.75) is 19.9 Å². The summed E-state index contributed by atoms with van der Waals surface area (Å²) in [6, 6.07) is 0.496. The van der Waals surface area contributed by atoms with E-state index in [1.165, 1.54) is 0 Å². The van der Waals surface area contributed by atoms with E-state index >= 15 is 0 Å². The molecule has 8 heavy (non-hydrogen) atoms. The van der Waals surface area contributed by atoms with Gasteiger partial charge in [-0.15, -0.1) is 0 Å². The minimum atomic E-state index is 0.496. The van der Waals surface area contributed by atoms with Crippen LogP contribution in [0.1, 0.15) is 13.8 Å².